The molecule has 218 valence electrons. The van der Waals surface area contributed by atoms with Gasteiger partial charge in [0.2, 0.25) is 0 Å². The topological polar surface area (TPSA) is 13.1 Å². The summed E-state index contributed by atoms with van der Waals surface area (Å²) in [6.07, 6.45) is 0. The van der Waals surface area contributed by atoms with E-state index in [1.807, 2.05) is 0 Å². The standard InChI is InChI=1S/C46H28O/c1-4-16-35-29(10-1)13-8-19-38(35)39-20-9-21-40-41(39)28-33-12-3-6-18-37(33)45(40)34-15-7-14-31(26-34)32-23-24-43-42(27-32)46-36-17-5-2-11-30(36)22-25-44(46)47-43/h1-28H. The monoisotopic (exact) mass is 596 g/mol. The molecule has 0 spiro atoms. The molecule has 0 aliphatic carbocycles. The van der Waals surface area contributed by atoms with Gasteiger partial charge in [-0.15, -0.1) is 0 Å². The van der Waals surface area contributed by atoms with Crippen molar-refractivity contribution in [3.05, 3.63) is 170 Å². The van der Waals surface area contributed by atoms with Gasteiger partial charge in [-0.2, -0.15) is 0 Å². The van der Waals surface area contributed by atoms with Crippen LogP contribution in [0.5, 0.6) is 0 Å². The molecule has 9 aromatic carbocycles. The molecule has 1 heteroatoms. The Bertz CT molecular complexity index is 2850. The first-order chi connectivity index (χ1) is 23.3. The van der Waals surface area contributed by atoms with E-state index in [1.165, 1.54) is 81.9 Å². The number of fused-ring (bicyclic) bond motifs is 8. The van der Waals surface area contributed by atoms with Gasteiger partial charge in [-0.05, 0) is 107 Å². The van der Waals surface area contributed by atoms with Crippen molar-refractivity contribution >= 4 is 65.0 Å². The van der Waals surface area contributed by atoms with E-state index >= 15 is 0 Å². The van der Waals surface area contributed by atoms with Crippen molar-refractivity contribution in [1.29, 1.82) is 0 Å². The van der Waals surface area contributed by atoms with Crippen LogP contribution < -0.4 is 0 Å². The van der Waals surface area contributed by atoms with E-state index in [1.54, 1.807) is 0 Å². The Balaban J connectivity index is 1.20. The third kappa shape index (κ3) is 4.03. The first kappa shape index (κ1) is 26.1. The third-order valence-corrected chi connectivity index (χ3v) is 9.83. The van der Waals surface area contributed by atoms with Crippen molar-refractivity contribution in [3.63, 3.8) is 0 Å². The molecule has 1 aromatic heterocycles. The zero-order chi connectivity index (χ0) is 30.9. The van der Waals surface area contributed by atoms with Crippen LogP contribution in [0.25, 0.3) is 98.4 Å². The van der Waals surface area contributed by atoms with Crippen molar-refractivity contribution in [3.8, 4) is 33.4 Å². The Labute approximate surface area is 271 Å². The summed E-state index contributed by atoms with van der Waals surface area (Å²) in [5.74, 6) is 0. The molecule has 0 aliphatic heterocycles. The van der Waals surface area contributed by atoms with Crippen molar-refractivity contribution < 1.29 is 4.42 Å². The van der Waals surface area contributed by atoms with Crippen molar-refractivity contribution in [1.82, 2.24) is 0 Å². The summed E-state index contributed by atoms with van der Waals surface area (Å²) in [7, 11) is 0. The fourth-order valence-corrected chi connectivity index (χ4v) is 7.68. The summed E-state index contributed by atoms with van der Waals surface area (Å²) in [4.78, 5) is 0. The first-order valence-electron chi connectivity index (χ1n) is 16.2. The number of hydrogen-bond donors (Lipinski definition) is 0. The highest BCUT2D eigenvalue weighted by atomic mass is 16.3. The average molecular weight is 597 g/mol. The zero-order valence-corrected chi connectivity index (χ0v) is 25.6. The van der Waals surface area contributed by atoms with Gasteiger partial charge in [0.05, 0.1) is 0 Å². The van der Waals surface area contributed by atoms with Crippen LogP contribution in [0.3, 0.4) is 0 Å². The van der Waals surface area contributed by atoms with Crippen LogP contribution in [0.4, 0.5) is 0 Å². The molecule has 0 aliphatic rings. The molecular formula is C46H28O. The quantitative estimate of drug-likeness (QED) is 0.185. The van der Waals surface area contributed by atoms with Gasteiger partial charge in [-0.1, -0.05) is 140 Å². The summed E-state index contributed by atoms with van der Waals surface area (Å²) < 4.78 is 6.32. The van der Waals surface area contributed by atoms with E-state index in [4.69, 9.17) is 4.42 Å². The minimum absolute atomic E-state index is 0.914. The Morgan fingerprint density at radius 3 is 1.77 bits per heavy atom. The van der Waals surface area contributed by atoms with Gasteiger partial charge in [-0.3, -0.25) is 0 Å². The highest BCUT2D eigenvalue weighted by molar-refractivity contribution is 6.20. The van der Waals surface area contributed by atoms with E-state index < -0.39 is 0 Å². The average Bonchev–Trinajstić information content (AvgIpc) is 3.52. The van der Waals surface area contributed by atoms with E-state index in [9.17, 15) is 0 Å². The number of benzene rings is 9. The maximum Gasteiger partial charge on any atom is 0.136 e. The summed E-state index contributed by atoms with van der Waals surface area (Å²) in [5, 5.41) is 12.3. The van der Waals surface area contributed by atoms with E-state index in [0.29, 0.717) is 0 Å². The summed E-state index contributed by atoms with van der Waals surface area (Å²) in [6.45, 7) is 0. The lowest BCUT2D eigenvalue weighted by Crippen LogP contribution is -1.90. The molecule has 0 atom stereocenters. The SMILES string of the molecule is c1cc(-c2ccc3oc4ccc5ccccc5c4c3c2)cc(-c2c3ccccc3cc3c(-c4cccc5ccccc45)cccc23)c1. The maximum atomic E-state index is 6.32. The predicted octanol–water partition coefficient (Wildman–Crippen LogP) is 13.2. The Morgan fingerprint density at radius 2 is 0.894 bits per heavy atom. The van der Waals surface area contributed by atoms with Gasteiger partial charge in [0, 0.05) is 10.8 Å². The van der Waals surface area contributed by atoms with Gasteiger partial charge in [-0.25, -0.2) is 0 Å². The molecule has 0 saturated carbocycles. The summed E-state index contributed by atoms with van der Waals surface area (Å²) in [5.41, 5.74) is 9.20. The lowest BCUT2D eigenvalue weighted by Gasteiger charge is -2.17. The van der Waals surface area contributed by atoms with Crippen molar-refractivity contribution in [2.24, 2.45) is 0 Å². The molecule has 47 heavy (non-hydrogen) atoms. The number of hydrogen-bond acceptors (Lipinski definition) is 1. The van der Waals surface area contributed by atoms with Gasteiger partial charge in [0.1, 0.15) is 11.2 Å². The molecular weight excluding hydrogens is 569 g/mol. The molecule has 1 heterocycles. The lowest BCUT2D eigenvalue weighted by atomic mass is 9.87. The van der Waals surface area contributed by atoms with E-state index in [2.05, 4.69) is 170 Å². The number of furan rings is 1. The fourth-order valence-electron chi connectivity index (χ4n) is 7.68. The van der Waals surface area contributed by atoms with Crippen LogP contribution in [0.2, 0.25) is 0 Å². The molecule has 10 rings (SSSR count). The minimum atomic E-state index is 0.914. The fraction of sp³-hybridized carbons (Fsp3) is 0. The molecule has 0 saturated heterocycles. The van der Waals surface area contributed by atoms with E-state index in [0.717, 1.165) is 16.6 Å². The molecule has 0 radical (unpaired) electrons. The van der Waals surface area contributed by atoms with Crippen molar-refractivity contribution in [2.75, 3.05) is 0 Å². The first-order valence-corrected chi connectivity index (χ1v) is 16.2. The smallest absolute Gasteiger partial charge is 0.136 e. The zero-order valence-electron chi connectivity index (χ0n) is 25.6. The minimum Gasteiger partial charge on any atom is -0.456 e. The Hall–Kier alpha value is -6.18. The van der Waals surface area contributed by atoms with Crippen LogP contribution in [0.15, 0.2) is 174 Å². The molecule has 0 fully saturated rings. The highest BCUT2D eigenvalue weighted by Gasteiger charge is 2.16. The third-order valence-electron chi connectivity index (χ3n) is 9.83. The summed E-state index contributed by atoms with van der Waals surface area (Å²) >= 11 is 0. The molecule has 0 amide bonds. The van der Waals surface area contributed by atoms with Gasteiger partial charge in [0.15, 0.2) is 0 Å². The Morgan fingerprint density at radius 1 is 0.298 bits per heavy atom. The van der Waals surface area contributed by atoms with Crippen LogP contribution in [-0.4, -0.2) is 0 Å². The summed E-state index contributed by atoms with van der Waals surface area (Å²) in [6, 6.07) is 61.7. The second-order valence-corrected chi connectivity index (χ2v) is 12.5. The van der Waals surface area contributed by atoms with Gasteiger partial charge < -0.3 is 4.42 Å². The Kier molecular flexibility index (Phi) is 5.64. The maximum absolute atomic E-state index is 6.32. The lowest BCUT2D eigenvalue weighted by molar-refractivity contribution is 0.669. The molecule has 0 unspecified atom stereocenters. The molecule has 0 N–H and O–H groups in total. The molecule has 0 bridgehead atoms. The second-order valence-electron chi connectivity index (χ2n) is 12.5. The van der Waals surface area contributed by atoms with E-state index in [-0.39, 0.29) is 0 Å². The van der Waals surface area contributed by atoms with Crippen LogP contribution in [0, 0.1) is 0 Å². The largest absolute Gasteiger partial charge is 0.456 e. The molecule has 1 nitrogen and oxygen atoms in total. The van der Waals surface area contributed by atoms with Gasteiger partial charge in [0.25, 0.3) is 0 Å². The highest BCUT2D eigenvalue weighted by Crippen LogP contribution is 2.43. The normalized spacial score (nSPS) is 11.8. The van der Waals surface area contributed by atoms with Crippen LogP contribution in [0.1, 0.15) is 0 Å². The van der Waals surface area contributed by atoms with Crippen LogP contribution in [-0.2, 0) is 0 Å². The number of rotatable bonds is 3. The van der Waals surface area contributed by atoms with Crippen molar-refractivity contribution in [2.45, 2.75) is 0 Å². The van der Waals surface area contributed by atoms with Gasteiger partial charge >= 0.3 is 0 Å². The molecule has 10 aromatic rings. The predicted molar refractivity (Wildman–Crippen MR) is 200 cm³/mol. The second kappa shape index (κ2) is 10.2. The van der Waals surface area contributed by atoms with Crippen LogP contribution >= 0.6 is 0 Å².